The fourth-order valence-electron chi connectivity index (χ4n) is 3.60. The monoisotopic (exact) mass is 353 g/mol. The predicted octanol–water partition coefficient (Wildman–Crippen LogP) is 4.46. The summed E-state index contributed by atoms with van der Waals surface area (Å²) in [4.78, 5) is 21.9. The van der Waals surface area contributed by atoms with Gasteiger partial charge in [-0.25, -0.2) is 4.98 Å². The van der Waals surface area contributed by atoms with Gasteiger partial charge in [0.25, 0.3) is 0 Å². The highest BCUT2D eigenvalue weighted by Gasteiger charge is 2.09. The summed E-state index contributed by atoms with van der Waals surface area (Å²) >= 11 is 0. The van der Waals surface area contributed by atoms with Crippen molar-refractivity contribution >= 4 is 32.8 Å². The molecule has 0 aliphatic heterocycles. The van der Waals surface area contributed by atoms with E-state index in [2.05, 4.69) is 46.1 Å². The van der Waals surface area contributed by atoms with Crippen molar-refractivity contribution in [1.29, 1.82) is 0 Å². The smallest absolute Gasteiger partial charge is 0.107 e. The lowest BCUT2D eigenvalue weighted by atomic mass is 10.1. The first-order valence-electron chi connectivity index (χ1n) is 9.13. The van der Waals surface area contributed by atoms with Crippen LogP contribution < -0.4 is 0 Å². The first-order chi connectivity index (χ1) is 13.2. The van der Waals surface area contributed by atoms with Gasteiger partial charge in [0.2, 0.25) is 0 Å². The van der Waals surface area contributed by atoms with Crippen LogP contribution in [0.3, 0.4) is 0 Å². The molecule has 5 nitrogen and oxygen atoms in total. The van der Waals surface area contributed by atoms with Crippen molar-refractivity contribution < 1.29 is 0 Å². The summed E-state index contributed by atoms with van der Waals surface area (Å²) in [5.74, 6) is 0.978. The van der Waals surface area contributed by atoms with Gasteiger partial charge in [0.1, 0.15) is 5.82 Å². The van der Waals surface area contributed by atoms with Crippen molar-refractivity contribution in [1.82, 2.24) is 24.9 Å². The Morgan fingerprint density at radius 2 is 1.78 bits per heavy atom. The standard InChI is InChI=1S/C22H19N5/c1-13-12-24-14(2)16-7-5-15(25-21(13)16)6-10-20-26-19-9-8-18-17(22(19)27-20)4-3-11-23-18/h3-5,7-9,11-12H,6,10H2,1-2H3,(H,26,27). The van der Waals surface area contributed by atoms with Crippen molar-refractivity contribution in [2.45, 2.75) is 26.7 Å². The van der Waals surface area contributed by atoms with E-state index in [1.165, 1.54) is 0 Å². The zero-order valence-corrected chi connectivity index (χ0v) is 15.3. The van der Waals surface area contributed by atoms with Crippen molar-refractivity contribution in [3.05, 3.63) is 71.6 Å². The number of aromatic amines is 1. The highest BCUT2D eigenvalue weighted by atomic mass is 14.9. The van der Waals surface area contributed by atoms with Gasteiger partial charge in [-0.3, -0.25) is 15.0 Å². The molecule has 0 saturated carbocycles. The number of fused-ring (bicyclic) bond motifs is 4. The van der Waals surface area contributed by atoms with Crippen LogP contribution in [0.2, 0.25) is 0 Å². The van der Waals surface area contributed by atoms with Crippen LogP contribution in [0.4, 0.5) is 0 Å². The van der Waals surface area contributed by atoms with Gasteiger partial charge in [-0.05, 0) is 62.2 Å². The van der Waals surface area contributed by atoms with E-state index < -0.39 is 0 Å². The number of benzene rings is 1. The maximum absolute atomic E-state index is 4.86. The molecule has 1 N–H and O–H groups in total. The molecule has 0 saturated heterocycles. The van der Waals surface area contributed by atoms with Crippen LogP contribution >= 0.6 is 0 Å². The van der Waals surface area contributed by atoms with Gasteiger partial charge < -0.3 is 4.98 Å². The van der Waals surface area contributed by atoms with Gasteiger partial charge in [-0.15, -0.1) is 0 Å². The molecule has 0 amide bonds. The Hall–Kier alpha value is -3.34. The third-order valence-corrected chi connectivity index (χ3v) is 5.07. The van der Waals surface area contributed by atoms with E-state index in [0.717, 1.165) is 68.5 Å². The van der Waals surface area contributed by atoms with Crippen LogP contribution in [-0.2, 0) is 12.8 Å². The Morgan fingerprint density at radius 3 is 2.70 bits per heavy atom. The number of aryl methyl sites for hydroxylation is 4. The van der Waals surface area contributed by atoms with Gasteiger partial charge in [0.05, 0.1) is 22.1 Å². The van der Waals surface area contributed by atoms with Crippen LogP contribution in [0.25, 0.3) is 32.8 Å². The first kappa shape index (κ1) is 15.9. The zero-order chi connectivity index (χ0) is 18.4. The number of aromatic nitrogens is 5. The minimum Gasteiger partial charge on any atom is -0.342 e. The molecule has 4 aromatic heterocycles. The molecule has 4 heterocycles. The Balaban J connectivity index is 1.47. The third-order valence-electron chi connectivity index (χ3n) is 5.07. The maximum atomic E-state index is 4.86. The lowest BCUT2D eigenvalue weighted by Gasteiger charge is -2.06. The normalized spacial score (nSPS) is 11.6. The number of hydrogen-bond acceptors (Lipinski definition) is 4. The van der Waals surface area contributed by atoms with E-state index in [0.29, 0.717) is 0 Å². The number of pyridine rings is 3. The molecule has 1 aromatic carbocycles. The lowest BCUT2D eigenvalue weighted by Crippen LogP contribution is -1.98. The van der Waals surface area contributed by atoms with E-state index >= 15 is 0 Å². The molecule has 0 radical (unpaired) electrons. The molecular formula is C22H19N5. The second kappa shape index (κ2) is 6.13. The molecule has 0 fully saturated rings. The summed E-state index contributed by atoms with van der Waals surface area (Å²) in [5, 5.41) is 2.21. The third kappa shape index (κ3) is 2.72. The predicted molar refractivity (Wildman–Crippen MR) is 108 cm³/mol. The number of nitrogens with one attached hydrogen (secondary N) is 1. The summed E-state index contributed by atoms with van der Waals surface area (Å²) in [7, 11) is 0. The van der Waals surface area contributed by atoms with Crippen LogP contribution in [0.5, 0.6) is 0 Å². The van der Waals surface area contributed by atoms with E-state index in [1.807, 2.05) is 31.5 Å². The van der Waals surface area contributed by atoms with Crippen LogP contribution in [0.1, 0.15) is 22.8 Å². The number of imidazole rings is 1. The Labute approximate surface area is 156 Å². The van der Waals surface area contributed by atoms with Crippen molar-refractivity contribution in [2.24, 2.45) is 0 Å². The minimum absolute atomic E-state index is 0.818. The van der Waals surface area contributed by atoms with Crippen LogP contribution in [0.15, 0.2) is 48.8 Å². The van der Waals surface area contributed by atoms with Crippen molar-refractivity contribution in [2.75, 3.05) is 0 Å². The number of hydrogen-bond donors (Lipinski definition) is 1. The highest BCUT2D eigenvalue weighted by molar-refractivity contribution is 6.02. The summed E-state index contributed by atoms with van der Waals surface area (Å²) in [6.45, 7) is 4.08. The van der Waals surface area contributed by atoms with Gasteiger partial charge >= 0.3 is 0 Å². The van der Waals surface area contributed by atoms with Crippen LogP contribution in [-0.4, -0.2) is 24.9 Å². The second-order valence-corrected chi connectivity index (χ2v) is 6.94. The molecule has 5 rings (SSSR count). The molecule has 27 heavy (non-hydrogen) atoms. The Morgan fingerprint density at radius 1 is 0.852 bits per heavy atom. The molecule has 0 aliphatic rings. The van der Waals surface area contributed by atoms with Gasteiger partial charge in [-0.1, -0.05) is 0 Å². The molecule has 132 valence electrons. The number of H-pyrrole nitrogens is 1. The van der Waals surface area contributed by atoms with E-state index in [9.17, 15) is 0 Å². The molecule has 0 aliphatic carbocycles. The molecule has 5 heteroatoms. The van der Waals surface area contributed by atoms with Crippen molar-refractivity contribution in [3.8, 4) is 0 Å². The largest absolute Gasteiger partial charge is 0.342 e. The van der Waals surface area contributed by atoms with Crippen LogP contribution in [0, 0.1) is 13.8 Å². The van der Waals surface area contributed by atoms with Gasteiger partial charge in [-0.2, -0.15) is 0 Å². The molecule has 0 unspecified atom stereocenters. The number of nitrogens with zero attached hydrogens (tertiary/aromatic N) is 4. The SMILES string of the molecule is Cc1ncc(C)c2nc(CCc3nc4c(ccc5ncccc54)[nH]3)ccc12. The average molecular weight is 353 g/mol. The fourth-order valence-corrected chi connectivity index (χ4v) is 3.60. The Kier molecular flexibility index (Phi) is 3.60. The topological polar surface area (TPSA) is 67.3 Å². The highest BCUT2D eigenvalue weighted by Crippen LogP contribution is 2.23. The Bertz CT molecular complexity index is 1300. The average Bonchev–Trinajstić information content (AvgIpc) is 3.13. The van der Waals surface area contributed by atoms with E-state index in [1.54, 1.807) is 0 Å². The zero-order valence-electron chi connectivity index (χ0n) is 15.3. The van der Waals surface area contributed by atoms with Gasteiger partial charge in [0.15, 0.2) is 0 Å². The van der Waals surface area contributed by atoms with E-state index in [-0.39, 0.29) is 0 Å². The first-order valence-corrected chi connectivity index (χ1v) is 9.13. The molecule has 0 atom stereocenters. The fraction of sp³-hybridized carbons (Fsp3) is 0.182. The lowest BCUT2D eigenvalue weighted by molar-refractivity contribution is 0.866. The molecular weight excluding hydrogens is 334 g/mol. The summed E-state index contributed by atoms with van der Waals surface area (Å²) < 4.78 is 0. The minimum atomic E-state index is 0.818. The summed E-state index contributed by atoms with van der Waals surface area (Å²) in [6, 6.07) is 12.3. The number of rotatable bonds is 3. The summed E-state index contributed by atoms with van der Waals surface area (Å²) in [5.41, 5.74) is 7.25. The molecule has 0 bridgehead atoms. The quantitative estimate of drug-likeness (QED) is 0.520. The van der Waals surface area contributed by atoms with Gasteiger partial charge in [0, 0.05) is 41.0 Å². The summed E-state index contributed by atoms with van der Waals surface area (Å²) in [6.07, 6.45) is 5.37. The molecule has 0 spiro atoms. The maximum Gasteiger partial charge on any atom is 0.107 e. The van der Waals surface area contributed by atoms with E-state index in [4.69, 9.17) is 9.97 Å². The van der Waals surface area contributed by atoms with Crippen molar-refractivity contribution in [3.63, 3.8) is 0 Å². The molecule has 5 aromatic rings. The second-order valence-electron chi connectivity index (χ2n) is 6.94.